The molecule has 6 heteroatoms. The second-order valence-corrected chi connectivity index (χ2v) is 8.54. The molecule has 0 atom stereocenters. The Kier molecular flexibility index (Phi) is 6.05. The van der Waals surface area contributed by atoms with Gasteiger partial charge in [0.15, 0.2) is 0 Å². The maximum atomic E-state index is 12.3. The number of carbonyl (C=O) groups excluding carboxylic acids is 1. The number of nitrogens with one attached hydrogen (secondary N) is 1. The van der Waals surface area contributed by atoms with E-state index in [1.807, 2.05) is 36.4 Å². The van der Waals surface area contributed by atoms with Crippen molar-refractivity contribution in [3.8, 4) is 0 Å². The third-order valence-electron chi connectivity index (χ3n) is 4.94. The predicted octanol–water partition coefficient (Wildman–Crippen LogP) is 4.74. The highest BCUT2D eigenvalue weighted by molar-refractivity contribution is 7.19. The lowest BCUT2D eigenvalue weighted by molar-refractivity contribution is -0.117. The van der Waals surface area contributed by atoms with Gasteiger partial charge in [-0.3, -0.25) is 9.69 Å². The summed E-state index contributed by atoms with van der Waals surface area (Å²) in [5.74, 6) is -0.0459. The van der Waals surface area contributed by atoms with Gasteiger partial charge in [-0.05, 0) is 48.7 Å². The molecule has 3 aromatic rings. The fraction of sp³-hybridized carbons (Fsp3) is 0.273. The zero-order valence-corrected chi connectivity index (χ0v) is 17.0. The van der Waals surface area contributed by atoms with Gasteiger partial charge in [-0.25, -0.2) is 4.98 Å². The van der Waals surface area contributed by atoms with Gasteiger partial charge in [0.05, 0.1) is 10.2 Å². The molecule has 0 bridgehead atoms. The van der Waals surface area contributed by atoms with Gasteiger partial charge in [-0.2, -0.15) is 0 Å². The van der Waals surface area contributed by atoms with Crippen molar-refractivity contribution >= 4 is 45.1 Å². The van der Waals surface area contributed by atoms with E-state index in [1.54, 1.807) is 23.5 Å². The van der Waals surface area contributed by atoms with Crippen LogP contribution in [0.2, 0.25) is 5.02 Å². The zero-order valence-electron chi connectivity index (χ0n) is 15.5. The standard InChI is InChI=1S/C22H22ClN3OS/c23-17-7-5-16(6-8-17)15-26-13-11-18(12-14-26)24-21(27)9-10-22-25-19-3-1-2-4-20(19)28-22/h1-10,18H,11-15H2,(H,24,27)/b10-9+. The third-order valence-corrected chi connectivity index (χ3v) is 6.19. The summed E-state index contributed by atoms with van der Waals surface area (Å²) in [7, 11) is 0. The number of para-hydroxylation sites is 1. The number of hydrogen-bond donors (Lipinski definition) is 1. The molecule has 1 N–H and O–H groups in total. The number of halogens is 1. The molecule has 0 unspecified atom stereocenters. The van der Waals surface area contributed by atoms with Crippen molar-refractivity contribution in [2.45, 2.75) is 25.4 Å². The zero-order chi connectivity index (χ0) is 19.3. The monoisotopic (exact) mass is 411 g/mol. The van der Waals surface area contributed by atoms with Crippen LogP contribution in [0.15, 0.2) is 54.6 Å². The van der Waals surface area contributed by atoms with Crippen molar-refractivity contribution in [3.05, 3.63) is 70.2 Å². The Bertz CT molecular complexity index is 942. The Morgan fingerprint density at radius 3 is 2.68 bits per heavy atom. The fourth-order valence-corrected chi connectivity index (χ4v) is 4.44. The first kappa shape index (κ1) is 19.1. The number of thiazole rings is 1. The first-order valence-electron chi connectivity index (χ1n) is 9.47. The molecule has 1 saturated heterocycles. The second-order valence-electron chi connectivity index (χ2n) is 7.04. The smallest absolute Gasteiger partial charge is 0.244 e. The predicted molar refractivity (Wildman–Crippen MR) is 117 cm³/mol. The minimum Gasteiger partial charge on any atom is -0.350 e. The first-order chi connectivity index (χ1) is 13.7. The van der Waals surface area contributed by atoms with E-state index in [1.165, 1.54) is 5.56 Å². The van der Waals surface area contributed by atoms with Crippen LogP contribution < -0.4 is 5.32 Å². The summed E-state index contributed by atoms with van der Waals surface area (Å²) >= 11 is 7.54. The van der Waals surface area contributed by atoms with Crippen molar-refractivity contribution in [2.24, 2.45) is 0 Å². The summed E-state index contributed by atoms with van der Waals surface area (Å²) in [5, 5.41) is 4.75. The van der Waals surface area contributed by atoms with E-state index in [9.17, 15) is 4.79 Å². The van der Waals surface area contributed by atoms with Gasteiger partial charge >= 0.3 is 0 Å². The third kappa shape index (κ3) is 4.98. The normalized spacial score (nSPS) is 16.0. The average molecular weight is 412 g/mol. The van der Waals surface area contributed by atoms with E-state index in [4.69, 9.17) is 11.6 Å². The number of carbonyl (C=O) groups is 1. The van der Waals surface area contributed by atoms with E-state index >= 15 is 0 Å². The number of amides is 1. The number of rotatable bonds is 5. The van der Waals surface area contributed by atoms with Gasteiger partial charge in [-0.1, -0.05) is 35.9 Å². The molecular weight excluding hydrogens is 390 g/mol. The topological polar surface area (TPSA) is 45.2 Å². The number of piperidine rings is 1. The number of benzene rings is 2. The van der Waals surface area contributed by atoms with Crippen molar-refractivity contribution in [1.29, 1.82) is 0 Å². The minimum absolute atomic E-state index is 0.0459. The van der Waals surface area contributed by atoms with Gasteiger partial charge < -0.3 is 5.32 Å². The van der Waals surface area contributed by atoms with Crippen LogP contribution >= 0.6 is 22.9 Å². The highest BCUT2D eigenvalue weighted by atomic mass is 35.5. The van der Waals surface area contributed by atoms with Crippen LogP contribution in [0.4, 0.5) is 0 Å². The van der Waals surface area contributed by atoms with Crippen LogP contribution in [0.3, 0.4) is 0 Å². The molecule has 4 rings (SSSR count). The highest BCUT2D eigenvalue weighted by Gasteiger charge is 2.20. The van der Waals surface area contributed by atoms with E-state index in [0.29, 0.717) is 0 Å². The van der Waals surface area contributed by atoms with Crippen LogP contribution in [0.5, 0.6) is 0 Å². The SMILES string of the molecule is O=C(/C=C/c1nc2ccccc2s1)NC1CCN(Cc2ccc(Cl)cc2)CC1. The largest absolute Gasteiger partial charge is 0.350 e. The molecule has 0 spiro atoms. The van der Waals surface area contributed by atoms with Gasteiger partial charge in [0.25, 0.3) is 0 Å². The van der Waals surface area contributed by atoms with Gasteiger partial charge in [0.2, 0.25) is 5.91 Å². The number of fused-ring (bicyclic) bond motifs is 1. The van der Waals surface area contributed by atoms with Crippen LogP contribution in [0.25, 0.3) is 16.3 Å². The number of hydrogen-bond acceptors (Lipinski definition) is 4. The lowest BCUT2D eigenvalue weighted by Crippen LogP contribution is -2.43. The van der Waals surface area contributed by atoms with Crippen LogP contribution in [-0.2, 0) is 11.3 Å². The highest BCUT2D eigenvalue weighted by Crippen LogP contribution is 2.22. The van der Waals surface area contributed by atoms with Crippen molar-refractivity contribution < 1.29 is 4.79 Å². The minimum atomic E-state index is -0.0459. The Balaban J connectivity index is 1.25. The lowest BCUT2D eigenvalue weighted by Gasteiger charge is -2.32. The molecule has 2 heterocycles. The van der Waals surface area contributed by atoms with E-state index in [-0.39, 0.29) is 11.9 Å². The fourth-order valence-electron chi connectivity index (χ4n) is 3.44. The van der Waals surface area contributed by atoms with E-state index < -0.39 is 0 Å². The van der Waals surface area contributed by atoms with Crippen molar-refractivity contribution in [2.75, 3.05) is 13.1 Å². The molecule has 1 amide bonds. The molecular formula is C22H22ClN3OS. The Labute approximate surface area is 173 Å². The summed E-state index contributed by atoms with van der Waals surface area (Å²) in [6.07, 6.45) is 5.33. The van der Waals surface area contributed by atoms with Crippen LogP contribution in [-0.4, -0.2) is 34.9 Å². The summed E-state index contributed by atoms with van der Waals surface area (Å²) in [5.41, 5.74) is 2.24. The van der Waals surface area contributed by atoms with E-state index in [2.05, 4.69) is 27.3 Å². The summed E-state index contributed by atoms with van der Waals surface area (Å²) in [6, 6.07) is 16.2. The molecule has 1 aliphatic rings. The van der Waals surface area contributed by atoms with E-state index in [0.717, 1.165) is 52.7 Å². The molecule has 1 aliphatic heterocycles. The number of likely N-dealkylation sites (tertiary alicyclic amines) is 1. The summed E-state index contributed by atoms with van der Waals surface area (Å²) < 4.78 is 1.13. The summed E-state index contributed by atoms with van der Waals surface area (Å²) in [4.78, 5) is 19.2. The lowest BCUT2D eigenvalue weighted by atomic mass is 10.0. The Morgan fingerprint density at radius 1 is 1.18 bits per heavy atom. The molecule has 1 aromatic heterocycles. The van der Waals surface area contributed by atoms with Crippen molar-refractivity contribution in [1.82, 2.24) is 15.2 Å². The van der Waals surface area contributed by atoms with Crippen molar-refractivity contribution in [3.63, 3.8) is 0 Å². The quantitative estimate of drug-likeness (QED) is 0.616. The second kappa shape index (κ2) is 8.86. The van der Waals surface area contributed by atoms with Gasteiger partial charge in [0, 0.05) is 36.8 Å². The van der Waals surface area contributed by atoms with Crippen LogP contribution in [0.1, 0.15) is 23.4 Å². The molecule has 0 saturated carbocycles. The van der Waals surface area contributed by atoms with Gasteiger partial charge in [0.1, 0.15) is 5.01 Å². The molecule has 2 aromatic carbocycles. The molecule has 144 valence electrons. The first-order valence-corrected chi connectivity index (χ1v) is 10.7. The molecule has 28 heavy (non-hydrogen) atoms. The molecule has 0 radical (unpaired) electrons. The number of nitrogens with zero attached hydrogens (tertiary/aromatic N) is 2. The van der Waals surface area contributed by atoms with Crippen LogP contribution in [0, 0.1) is 0 Å². The molecule has 4 nitrogen and oxygen atoms in total. The maximum absolute atomic E-state index is 12.3. The van der Waals surface area contributed by atoms with Gasteiger partial charge in [-0.15, -0.1) is 11.3 Å². The maximum Gasteiger partial charge on any atom is 0.244 e. The summed E-state index contributed by atoms with van der Waals surface area (Å²) in [6.45, 7) is 2.89. The number of aromatic nitrogens is 1. The Hall–Kier alpha value is -2.21. The average Bonchev–Trinajstić information content (AvgIpc) is 3.13. The molecule has 0 aliphatic carbocycles. The molecule has 1 fully saturated rings. The Morgan fingerprint density at radius 2 is 1.93 bits per heavy atom.